The van der Waals surface area contributed by atoms with E-state index in [-0.39, 0.29) is 0 Å². The van der Waals surface area contributed by atoms with E-state index < -0.39 is 0 Å². The molecule has 0 aliphatic rings. The van der Waals surface area contributed by atoms with Crippen LogP contribution in [0.4, 0.5) is 0 Å². The molecule has 0 heterocycles. The van der Waals surface area contributed by atoms with Crippen LogP contribution in [0, 0.1) is 0 Å². The number of hydrogen-bond acceptors (Lipinski definition) is 4. The first-order chi connectivity index (χ1) is 9.72. The summed E-state index contributed by atoms with van der Waals surface area (Å²) in [5, 5.41) is 3.33. The van der Waals surface area contributed by atoms with Crippen molar-refractivity contribution in [3.8, 4) is 11.5 Å². The van der Waals surface area contributed by atoms with E-state index in [2.05, 4.69) is 19.2 Å². The van der Waals surface area contributed by atoms with Crippen LogP contribution >= 0.6 is 0 Å². The van der Waals surface area contributed by atoms with Crippen LogP contribution in [-0.2, 0) is 4.74 Å². The molecule has 0 amide bonds. The van der Waals surface area contributed by atoms with Gasteiger partial charge in [0.2, 0.25) is 0 Å². The highest BCUT2D eigenvalue weighted by Crippen LogP contribution is 2.18. The summed E-state index contributed by atoms with van der Waals surface area (Å²) >= 11 is 0. The van der Waals surface area contributed by atoms with Crippen LogP contribution in [0.5, 0.6) is 11.5 Å². The van der Waals surface area contributed by atoms with Crippen molar-refractivity contribution >= 4 is 0 Å². The minimum atomic E-state index is 0.316. The van der Waals surface area contributed by atoms with Gasteiger partial charge in [-0.3, -0.25) is 0 Å². The third kappa shape index (κ3) is 8.02. The van der Waals surface area contributed by atoms with Crippen LogP contribution < -0.4 is 14.8 Å². The number of hydrogen-bond donors (Lipinski definition) is 1. The number of nitrogens with one attached hydrogen (secondary N) is 1. The minimum Gasteiger partial charge on any atom is -0.494 e. The van der Waals surface area contributed by atoms with Crippen molar-refractivity contribution in [3.05, 3.63) is 24.3 Å². The second-order valence-corrected chi connectivity index (χ2v) is 4.78. The Bertz CT molecular complexity index is 355. The fourth-order valence-corrected chi connectivity index (χ4v) is 1.70. The van der Waals surface area contributed by atoms with E-state index in [1.165, 1.54) is 0 Å². The van der Waals surface area contributed by atoms with Gasteiger partial charge in [-0.25, -0.2) is 0 Å². The lowest BCUT2D eigenvalue weighted by atomic mass is 10.3. The quantitative estimate of drug-likeness (QED) is 0.633. The standard InChI is InChI=1S/C16H27NO3/c1-4-18-15-7-5-8-16(13-15)20-12-10-17-9-6-11-19-14(2)3/h5,7-8,13-14,17H,4,6,9-12H2,1-3H3. The molecule has 0 saturated heterocycles. The largest absolute Gasteiger partial charge is 0.494 e. The fraction of sp³-hybridized carbons (Fsp3) is 0.625. The Hall–Kier alpha value is -1.26. The van der Waals surface area contributed by atoms with Gasteiger partial charge in [-0.05, 0) is 45.9 Å². The highest BCUT2D eigenvalue weighted by molar-refractivity contribution is 5.32. The molecule has 1 rings (SSSR count). The van der Waals surface area contributed by atoms with Crippen LogP contribution in [0.25, 0.3) is 0 Å². The molecular weight excluding hydrogens is 254 g/mol. The van der Waals surface area contributed by atoms with Gasteiger partial charge in [0.1, 0.15) is 18.1 Å². The lowest BCUT2D eigenvalue weighted by Gasteiger charge is -2.10. The minimum absolute atomic E-state index is 0.316. The molecule has 0 radical (unpaired) electrons. The summed E-state index contributed by atoms with van der Waals surface area (Å²) < 4.78 is 16.6. The summed E-state index contributed by atoms with van der Waals surface area (Å²) in [5.41, 5.74) is 0. The van der Waals surface area contributed by atoms with Crippen molar-refractivity contribution in [2.75, 3.05) is 32.9 Å². The number of ether oxygens (including phenoxy) is 3. The summed E-state index contributed by atoms with van der Waals surface area (Å²) in [7, 11) is 0. The fourth-order valence-electron chi connectivity index (χ4n) is 1.70. The van der Waals surface area contributed by atoms with Gasteiger partial charge in [-0.1, -0.05) is 6.07 Å². The molecule has 20 heavy (non-hydrogen) atoms. The molecule has 114 valence electrons. The molecule has 4 nitrogen and oxygen atoms in total. The van der Waals surface area contributed by atoms with Gasteiger partial charge in [0.15, 0.2) is 0 Å². The highest BCUT2D eigenvalue weighted by Gasteiger charge is 1.97. The van der Waals surface area contributed by atoms with Gasteiger partial charge in [0.05, 0.1) is 12.7 Å². The van der Waals surface area contributed by atoms with Crippen molar-refractivity contribution in [2.24, 2.45) is 0 Å². The van der Waals surface area contributed by atoms with E-state index in [0.717, 1.165) is 37.6 Å². The Morgan fingerprint density at radius 3 is 2.50 bits per heavy atom. The SMILES string of the molecule is CCOc1cccc(OCCNCCCOC(C)C)c1. The third-order valence-electron chi connectivity index (χ3n) is 2.61. The molecule has 0 unspecified atom stereocenters. The molecule has 0 aliphatic carbocycles. The maximum Gasteiger partial charge on any atom is 0.123 e. The van der Waals surface area contributed by atoms with Crippen LogP contribution in [-0.4, -0.2) is 39.0 Å². The van der Waals surface area contributed by atoms with Gasteiger partial charge < -0.3 is 19.5 Å². The zero-order valence-electron chi connectivity index (χ0n) is 12.9. The highest BCUT2D eigenvalue weighted by atomic mass is 16.5. The predicted molar refractivity (Wildman–Crippen MR) is 81.7 cm³/mol. The van der Waals surface area contributed by atoms with Gasteiger partial charge in [-0.2, -0.15) is 0 Å². The lowest BCUT2D eigenvalue weighted by Crippen LogP contribution is -2.23. The monoisotopic (exact) mass is 281 g/mol. The Morgan fingerprint density at radius 1 is 1.05 bits per heavy atom. The Labute approximate surface area is 122 Å². The third-order valence-corrected chi connectivity index (χ3v) is 2.61. The summed E-state index contributed by atoms with van der Waals surface area (Å²) in [6, 6.07) is 7.74. The van der Waals surface area contributed by atoms with Crippen LogP contribution in [0.1, 0.15) is 27.2 Å². The van der Waals surface area contributed by atoms with Gasteiger partial charge in [0.25, 0.3) is 0 Å². The first kappa shape index (κ1) is 16.8. The molecular formula is C16H27NO3. The van der Waals surface area contributed by atoms with Gasteiger partial charge in [0, 0.05) is 19.2 Å². The van der Waals surface area contributed by atoms with Gasteiger partial charge in [-0.15, -0.1) is 0 Å². The molecule has 0 aliphatic heterocycles. The van der Waals surface area contributed by atoms with Crippen molar-refractivity contribution in [1.82, 2.24) is 5.32 Å². The van der Waals surface area contributed by atoms with Crippen LogP contribution in [0.3, 0.4) is 0 Å². The molecule has 1 N–H and O–H groups in total. The van der Waals surface area contributed by atoms with E-state index in [4.69, 9.17) is 14.2 Å². The molecule has 0 atom stereocenters. The van der Waals surface area contributed by atoms with E-state index in [0.29, 0.717) is 19.3 Å². The molecule has 0 aromatic heterocycles. The number of rotatable bonds is 11. The summed E-state index contributed by atoms with van der Waals surface area (Å²) in [6.45, 7) is 10.00. The van der Waals surface area contributed by atoms with Crippen molar-refractivity contribution < 1.29 is 14.2 Å². The Balaban J connectivity index is 2.05. The first-order valence-electron chi connectivity index (χ1n) is 7.40. The van der Waals surface area contributed by atoms with Crippen LogP contribution in [0.15, 0.2) is 24.3 Å². The van der Waals surface area contributed by atoms with Crippen LogP contribution in [0.2, 0.25) is 0 Å². The zero-order chi connectivity index (χ0) is 14.6. The molecule has 0 spiro atoms. The lowest BCUT2D eigenvalue weighted by molar-refractivity contribution is 0.0770. The van der Waals surface area contributed by atoms with E-state index in [9.17, 15) is 0 Å². The average molecular weight is 281 g/mol. The predicted octanol–water partition coefficient (Wildman–Crippen LogP) is 2.87. The van der Waals surface area contributed by atoms with E-state index >= 15 is 0 Å². The zero-order valence-corrected chi connectivity index (χ0v) is 12.9. The average Bonchev–Trinajstić information content (AvgIpc) is 2.42. The molecule has 0 bridgehead atoms. The topological polar surface area (TPSA) is 39.7 Å². The summed E-state index contributed by atoms with van der Waals surface area (Å²) in [5.74, 6) is 1.70. The molecule has 4 heteroatoms. The molecule has 1 aromatic carbocycles. The maximum atomic E-state index is 5.66. The van der Waals surface area contributed by atoms with E-state index in [1.807, 2.05) is 31.2 Å². The molecule has 0 fully saturated rings. The maximum absolute atomic E-state index is 5.66. The summed E-state index contributed by atoms with van der Waals surface area (Å²) in [6.07, 6.45) is 1.34. The molecule has 0 saturated carbocycles. The molecule has 1 aromatic rings. The Kier molecular flexibility index (Phi) is 8.83. The van der Waals surface area contributed by atoms with Crippen molar-refractivity contribution in [3.63, 3.8) is 0 Å². The van der Waals surface area contributed by atoms with E-state index in [1.54, 1.807) is 0 Å². The smallest absolute Gasteiger partial charge is 0.123 e. The second kappa shape index (κ2) is 10.5. The van der Waals surface area contributed by atoms with Crippen molar-refractivity contribution in [1.29, 1.82) is 0 Å². The number of benzene rings is 1. The normalized spacial score (nSPS) is 10.8. The van der Waals surface area contributed by atoms with Gasteiger partial charge >= 0.3 is 0 Å². The second-order valence-electron chi connectivity index (χ2n) is 4.78. The first-order valence-corrected chi connectivity index (χ1v) is 7.40. The van der Waals surface area contributed by atoms with Crippen molar-refractivity contribution in [2.45, 2.75) is 33.3 Å². The summed E-state index contributed by atoms with van der Waals surface area (Å²) in [4.78, 5) is 0. The Morgan fingerprint density at radius 2 is 1.80 bits per heavy atom.